The Morgan fingerprint density at radius 2 is 1.93 bits per heavy atom. The average Bonchev–Trinajstić information content (AvgIpc) is 2.24. The van der Waals surface area contributed by atoms with E-state index in [1.165, 1.54) is 51.9 Å². The molecule has 14 heavy (non-hydrogen) atoms. The molecule has 2 atom stereocenters. The van der Waals surface area contributed by atoms with Gasteiger partial charge in [0, 0.05) is 31.7 Å². The highest BCUT2D eigenvalue weighted by molar-refractivity contribution is 4.95. The van der Waals surface area contributed by atoms with Crippen LogP contribution in [0, 0.1) is 5.92 Å². The molecule has 1 N–H and O–H groups in total. The summed E-state index contributed by atoms with van der Waals surface area (Å²) in [6, 6.07) is 0. The highest BCUT2D eigenvalue weighted by atomic mass is 15.2. The van der Waals surface area contributed by atoms with E-state index in [9.17, 15) is 0 Å². The second-order valence-corrected chi connectivity index (χ2v) is 5.24. The van der Waals surface area contributed by atoms with Crippen molar-refractivity contribution in [3.63, 3.8) is 0 Å². The molecular weight excluding hydrogens is 172 g/mol. The standard InChI is InChI=1S/C12H24N2/c1-11-5-3-4-6-12(11,2)14-9-7-13-8-10-14/h11,13H,3-10H2,1-2H3. The zero-order valence-electron chi connectivity index (χ0n) is 9.68. The fourth-order valence-electron chi connectivity index (χ4n) is 3.14. The molecule has 1 heterocycles. The molecule has 0 amide bonds. The summed E-state index contributed by atoms with van der Waals surface area (Å²) >= 11 is 0. The third-order valence-electron chi connectivity index (χ3n) is 4.47. The van der Waals surface area contributed by atoms with Crippen molar-refractivity contribution < 1.29 is 0 Å². The first-order valence-electron chi connectivity index (χ1n) is 6.19. The predicted octanol–water partition coefficient (Wildman–Crippen LogP) is 1.86. The van der Waals surface area contributed by atoms with Crippen molar-refractivity contribution in [3.8, 4) is 0 Å². The third kappa shape index (κ3) is 1.82. The van der Waals surface area contributed by atoms with E-state index in [0.717, 1.165) is 5.92 Å². The van der Waals surface area contributed by atoms with E-state index < -0.39 is 0 Å². The van der Waals surface area contributed by atoms with E-state index in [0.29, 0.717) is 5.54 Å². The lowest BCUT2D eigenvalue weighted by atomic mass is 9.73. The van der Waals surface area contributed by atoms with Gasteiger partial charge in [-0.2, -0.15) is 0 Å². The van der Waals surface area contributed by atoms with Crippen LogP contribution in [0.4, 0.5) is 0 Å². The lowest BCUT2D eigenvalue weighted by molar-refractivity contribution is 0.0130. The quantitative estimate of drug-likeness (QED) is 0.688. The van der Waals surface area contributed by atoms with Gasteiger partial charge in [-0.05, 0) is 25.7 Å². The second kappa shape index (κ2) is 4.19. The van der Waals surface area contributed by atoms with Crippen molar-refractivity contribution >= 4 is 0 Å². The van der Waals surface area contributed by atoms with Crippen LogP contribution in [0.15, 0.2) is 0 Å². The maximum atomic E-state index is 3.44. The van der Waals surface area contributed by atoms with Crippen molar-refractivity contribution in [2.45, 2.75) is 45.1 Å². The number of rotatable bonds is 1. The Balaban J connectivity index is 2.03. The van der Waals surface area contributed by atoms with Crippen molar-refractivity contribution in [1.29, 1.82) is 0 Å². The van der Waals surface area contributed by atoms with Crippen LogP contribution in [0.2, 0.25) is 0 Å². The molecule has 2 fully saturated rings. The smallest absolute Gasteiger partial charge is 0.0208 e. The summed E-state index contributed by atoms with van der Waals surface area (Å²) in [4.78, 5) is 2.73. The minimum atomic E-state index is 0.500. The fourth-order valence-corrected chi connectivity index (χ4v) is 3.14. The van der Waals surface area contributed by atoms with Crippen LogP contribution in [0.25, 0.3) is 0 Å². The van der Waals surface area contributed by atoms with E-state index in [2.05, 4.69) is 24.1 Å². The molecule has 2 unspecified atom stereocenters. The van der Waals surface area contributed by atoms with Crippen LogP contribution in [-0.2, 0) is 0 Å². The minimum absolute atomic E-state index is 0.500. The summed E-state index contributed by atoms with van der Waals surface area (Å²) in [7, 11) is 0. The monoisotopic (exact) mass is 196 g/mol. The first-order chi connectivity index (χ1) is 6.73. The highest BCUT2D eigenvalue weighted by Crippen LogP contribution is 2.37. The van der Waals surface area contributed by atoms with Crippen LogP contribution in [0.1, 0.15) is 39.5 Å². The lowest BCUT2D eigenvalue weighted by Crippen LogP contribution is -2.58. The molecule has 1 saturated heterocycles. The summed E-state index contributed by atoms with van der Waals surface area (Å²) in [6.07, 6.45) is 5.72. The molecule has 82 valence electrons. The van der Waals surface area contributed by atoms with Crippen LogP contribution in [0.5, 0.6) is 0 Å². The van der Waals surface area contributed by atoms with E-state index >= 15 is 0 Å². The molecule has 2 nitrogen and oxygen atoms in total. The molecule has 0 aromatic rings. The van der Waals surface area contributed by atoms with Crippen molar-refractivity contribution in [2.75, 3.05) is 26.2 Å². The van der Waals surface area contributed by atoms with E-state index in [1.54, 1.807) is 0 Å². The topological polar surface area (TPSA) is 15.3 Å². The summed E-state index contributed by atoms with van der Waals surface area (Å²) < 4.78 is 0. The molecule has 0 spiro atoms. The van der Waals surface area contributed by atoms with Crippen LogP contribution in [-0.4, -0.2) is 36.6 Å². The molecule has 1 aliphatic carbocycles. The van der Waals surface area contributed by atoms with Crippen LogP contribution < -0.4 is 5.32 Å². The van der Waals surface area contributed by atoms with Gasteiger partial charge in [0.2, 0.25) is 0 Å². The fraction of sp³-hybridized carbons (Fsp3) is 1.00. The van der Waals surface area contributed by atoms with Gasteiger partial charge in [0.25, 0.3) is 0 Å². The SMILES string of the molecule is CC1CCCCC1(C)N1CCNCC1. The zero-order valence-corrected chi connectivity index (χ0v) is 9.68. The van der Waals surface area contributed by atoms with Crippen molar-refractivity contribution in [3.05, 3.63) is 0 Å². The largest absolute Gasteiger partial charge is 0.314 e. The molecular formula is C12H24N2. The molecule has 0 aromatic carbocycles. The normalized spacial score (nSPS) is 41.1. The van der Waals surface area contributed by atoms with Crippen molar-refractivity contribution in [2.24, 2.45) is 5.92 Å². The summed E-state index contributed by atoms with van der Waals surface area (Å²) in [5.41, 5.74) is 0.500. The number of piperazine rings is 1. The molecule has 0 radical (unpaired) electrons. The van der Waals surface area contributed by atoms with Gasteiger partial charge in [-0.25, -0.2) is 0 Å². The first kappa shape index (κ1) is 10.4. The van der Waals surface area contributed by atoms with Gasteiger partial charge in [-0.3, -0.25) is 4.90 Å². The number of hydrogen-bond donors (Lipinski definition) is 1. The molecule has 2 rings (SSSR count). The van der Waals surface area contributed by atoms with E-state index in [-0.39, 0.29) is 0 Å². The number of hydrogen-bond acceptors (Lipinski definition) is 2. The molecule has 2 heteroatoms. The van der Waals surface area contributed by atoms with E-state index in [1.807, 2.05) is 0 Å². The number of nitrogens with zero attached hydrogens (tertiary/aromatic N) is 1. The van der Waals surface area contributed by atoms with Crippen LogP contribution in [0.3, 0.4) is 0 Å². The third-order valence-corrected chi connectivity index (χ3v) is 4.47. The second-order valence-electron chi connectivity index (χ2n) is 5.24. The molecule has 1 aliphatic heterocycles. The molecule has 0 aromatic heterocycles. The Morgan fingerprint density at radius 1 is 1.21 bits per heavy atom. The summed E-state index contributed by atoms with van der Waals surface area (Å²) in [5.74, 6) is 0.884. The first-order valence-corrected chi connectivity index (χ1v) is 6.19. The maximum absolute atomic E-state index is 3.44. The van der Waals surface area contributed by atoms with Gasteiger partial charge in [0.05, 0.1) is 0 Å². The van der Waals surface area contributed by atoms with E-state index in [4.69, 9.17) is 0 Å². The van der Waals surface area contributed by atoms with Gasteiger partial charge >= 0.3 is 0 Å². The van der Waals surface area contributed by atoms with Crippen LogP contribution >= 0.6 is 0 Å². The zero-order chi connectivity index (χ0) is 10.0. The number of nitrogens with one attached hydrogen (secondary N) is 1. The Morgan fingerprint density at radius 3 is 2.57 bits per heavy atom. The maximum Gasteiger partial charge on any atom is 0.0208 e. The average molecular weight is 196 g/mol. The van der Waals surface area contributed by atoms with Crippen molar-refractivity contribution in [1.82, 2.24) is 10.2 Å². The Labute approximate surface area is 88.1 Å². The Hall–Kier alpha value is -0.0800. The van der Waals surface area contributed by atoms with Gasteiger partial charge in [-0.15, -0.1) is 0 Å². The highest BCUT2D eigenvalue weighted by Gasteiger charge is 2.38. The summed E-state index contributed by atoms with van der Waals surface area (Å²) in [5, 5.41) is 3.44. The Bertz CT molecular complexity index is 187. The molecule has 2 aliphatic rings. The van der Waals surface area contributed by atoms with Gasteiger partial charge in [-0.1, -0.05) is 19.8 Å². The predicted molar refractivity (Wildman–Crippen MR) is 60.5 cm³/mol. The lowest BCUT2D eigenvalue weighted by Gasteiger charge is -2.50. The van der Waals surface area contributed by atoms with Gasteiger partial charge < -0.3 is 5.32 Å². The van der Waals surface area contributed by atoms with Gasteiger partial charge in [0.1, 0.15) is 0 Å². The minimum Gasteiger partial charge on any atom is -0.314 e. The van der Waals surface area contributed by atoms with Gasteiger partial charge in [0.15, 0.2) is 0 Å². The molecule has 1 saturated carbocycles. The summed E-state index contributed by atoms with van der Waals surface area (Å²) in [6.45, 7) is 9.80. The molecule has 0 bridgehead atoms. The Kier molecular flexibility index (Phi) is 3.13.